The van der Waals surface area contributed by atoms with Crippen LogP contribution in [-0.2, 0) is 36.9 Å². The molecule has 2 bridgehead atoms. The Balaban J connectivity index is 1.35. The zero-order valence-electron chi connectivity index (χ0n) is 30.2. The third-order valence-electron chi connectivity index (χ3n) is 10.4. The Labute approximate surface area is 303 Å². The topological polar surface area (TPSA) is 166 Å². The van der Waals surface area contributed by atoms with Crippen LogP contribution in [0.4, 0.5) is 4.79 Å². The molecule has 1 saturated heterocycles. The minimum Gasteiger partial charge on any atom is -0.494 e. The van der Waals surface area contributed by atoms with Crippen molar-refractivity contribution < 1.29 is 43.2 Å². The van der Waals surface area contributed by atoms with Gasteiger partial charge in [-0.3, -0.25) is 9.59 Å². The third-order valence-corrected chi connectivity index (χ3v) is 10.4. The first-order chi connectivity index (χ1) is 25.0. The average molecular weight is 717 g/mol. The molecule has 2 fully saturated rings. The lowest BCUT2D eigenvalue weighted by Crippen LogP contribution is -2.60. The first kappa shape index (κ1) is 36.8. The number of fused-ring (bicyclic) bond motifs is 5. The molecule has 2 N–H and O–H groups in total. The van der Waals surface area contributed by atoms with E-state index in [4.69, 9.17) is 28.9 Å². The van der Waals surface area contributed by atoms with Crippen molar-refractivity contribution in [2.75, 3.05) is 13.2 Å². The molecule has 0 spiro atoms. The number of carbonyl (C=O) groups is 4. The minimum atomic E-state index is -1.62. The van der Waals surface area contributed by atoms with Crippen LogP contribution >= 0.6 is 0 Å². The average Bonchev–Trinajstić information content (AvgIpc) is 3.75. The maximum atomic E-state index is 14.6. The highest BCUT2D eigenvalue weighted by Gasteiger charge is 2.54. The number of alkyl carbamates (subject to hydrolysis) is 1. The van der Waals surface area contributed by atoms with Gasteiger partial charge in [0.15, 0.2) is 0 Å². The zero-order chi connectivity index (χ0) is 37.0. The molecule has 13 heteroatoms. The lowest BCUT2D eigenvalue weighted by atomic mass is 9.83. The molecule has 2 aliphatic heterocycles. The lowest BCUT2D eigenvalue weighted by Gasteiger charge is -2.35. The van der Waals surface area contributed by atoms with Crippen molar-refractivity contribution in [1.29, 1.82) is 0 Å². The van der Waals surface area contributed by atoms with Gasteiger partial charge < -0.3 is 34.3 Å². The standard InChI is InChI=1S/C39H48N4O9/c1-5-26-31-21-43(32(26)36(45)46)35(44)33(39(3,4)37(47)50-22-23-13-9-7-10-14-23)42-38(48)52-30-19-24(30)15-11-8-12-16-28-34(51-31)41-29-20-25(49-6-2)17-18-27(29)40-28/h7,9-10,13-14,17-18,20,24,26,30-33H,5-6,8,11-12,15-16,19,21-22H2,1-4H3,(H,42,48)(H,45,46)/t24-,26-,30-,31+,32+,33-/m1/s1. The Morgan fingerprint density at radius 2 is 1.79 bits per heavy atom. The maximum absolute atomic E-state index is 14.6. The summed E-state index contributed by atoms with van der Waals surface area (Å²) >= 11 is 0. The summed E-state index contributed by atoms with van der Waals surface area (Å²) in [7, 11) is 0. The SMILES string of the molecule is CCOc1ccc2nc3c(nc2c1)O[C@H]1CN(C(=O)[C@H](C(C)(C)C(=O)OCc2ccccc2)NC(=O)O[C@@H]2C[C@H]2CCCCC3)[C@H](C(=O)O)[C@@H]1CC. The van der Waals surface area contributed by atoms with Crippen LogP contribution in [0.2, 0.25) is 0 Å². The van der Waals surface area contributed by atoms with Crippen molar-refractivity contribution in [3.05, 3.63) is 59.8 Å². The molecule has 3 heterocycles. The fraction of sp³-hybridized carbons (Fsp3) is 0.538. The van der Waals surface area contributed by atoms with Gasteiger partial charge in [0.25, 0.3) is 0 Å². The number of carboxylic acid groups (broad SMARTS) is 1. The van der Waals surface area contributed by atoms with Gasteiger partial charge in [0.2, 0.25) is 11.8 Å². The largest absolute Gasteiger partial charge is 0.494 e. The van der Waals surface area contributed by atoms with E-state index in [9.17, 15) is 24.3 Å². The molecule has 13 nitrogen and oxygen atoms in total. The van der Waals surface area contributed by atoms with Crippen molar-refractivity contribution in [2.45, 2.75) is 104 Å². The monoisotopic (exact) mass is 716 g/mol. The number of amides is 2. The number of carboxylic acids is 1. The van der Waals surface area contributed by atoms with Gasteiger partial charge in [0, 0.05) is 12.0 Å². The van der Waals surface area contributed by atoms with E-state index in [2.05, 4.69) is 5.32 Å². The number of ether oxygens (including phenoxy) is 4. The number of esters is 1. The molecule has 1 saturated carbocycles. The van der Waals surface area contributed by atoms with Gasteiger partial charge in [-0.25, -0.2) is 19.6 Å². The van der Waals surface area contributed by atoms with Gasteiger partial charge in [-0.05, 0) is 76.5 Å². The number of nitrogens with zero attached hydrogens (tertiary/aromatic N) is 3. The molecule has 1 aromatic heterocycles. The van der Waals surface area contributed by atoms with Crippen molar-refractivity contribution in [1.82, 2.24) is 20.2 Å². The normalized spacial score (nSPS) is 25.3. The molecule has 3 aromatic rings. The minimum absolute atomic E-state index is 0.0469. The van der Waals surface area contributed by atoms with E-state index < -0.39 is 53.5 Å². The van der Waals surface area contributed by atoms with E-state index in [1.165, 1.54) is 18.7 Å². The van der Waals surface area contributed by atoms with E-state index in [0.29, 0.717) is 48.3 Å². The number of benzene rings is 2. The first-order valence-electron chi connectivity index (χ1n) is 18.3. The van der Waals surface area contributed by atoms with Crippen molar-refractivity contribution in [3.63, 3.8) is 0 Å². The number of hydrogen-bond acceptors (Lipinski definition) is 10. The summed E-state index contributed by atoms with van der Waals surface area (Å²) in [6.45, 7) is 7.05. The van der Waals surface area contributed by atoms with Crippen molar-refractivity contribution in [3.8, 4) is 11.6 Å². The number of aromatic nitrogens is 2. The summed E-state index contributed by atoms with van der Waals surface area (Å²) in [5, 5.41) is 13.2. The van der Waals surface area contributed by atoms with E-state index in [1.54, 1.807) is 18.2 Å². The van der Waals surface area contributed by atoms with Crippen LogP contribution in [0.3, 0.4) is 0 Å². The number of rotatable bonds is 8. The quantitative estimate of drug-likeness (QED) is 0.284. The number of hydrogen-bond donors (Lipinski definition) is 2. The summed E-state index contributed by atoms with van der Waals surface area (Å²) in [5.41, 5.74) is 1.04. The van der Waals surface area contributed by atoms with Crippen molar-refractivity contribution >= 4 is 35.0 Å². The van der Waals surface area contributed by atoms with Gasteiger partial charge in [-0.1, -0.05) is 50.1 Å². The second-order valence-electron chi connectivity index (χ2n) is 14.5. The lowest BCUT2D eigenvalue weighted by molar-refractivity contribution is -0.162. The molecule has 1 aliphatic carbocycles. The molecule has 6 rings (SSSR count). The molecular weight excluding hydrogens is 668 g/mol. The van der Waals surface area contributed by atoms with E-state index in [1.807, 2.05) is 44.2 Å². The van der Waals surface area contributed by atoms with Gasteiger partial charge >= 0.3 is 18.0 Å². The summed E-state index contributed by atoms with van der Waals surface area (Å²) in [6.07, 6.45) is 3.29. The van der Waals surface area contributed by atoms with Crippen LogP contribution in [0.5, 0.6) is 11.6 Å². The molecule has 3 aliphatic rings. The number of carbonyl (C=O) groups excluding carboxylic acids is 3. The first-order valence-corrected chi connectivity index (χ1v) is 18.3. The highest BCUT2D eigenvalue weighted by molar-refractivity contribution is 5.95. The summed E-state index contributed by atoms with van der Waals surface area (Å²) in [6, 6.07) is 11.8. The van der Waals surface area contributed by atoms with Gasteiger partial charge in [-0.15, -0.1) is 0 Å². The highest BCUT2D eigenvalue weighted by Crippen LogP contribution is 2.39. The highest BCUT2D eigenvalue weighted by atomic mass is 16.6. The van der Waals surface area contributed by atoms with Crippen LogP contribution in [0.25, 0.3) is 11.0 Å². The second-order valence-corrected chi connectivity index (χ2v) is 14.5. The Kier molecular flexibility index (Phi) is 11.2. The van der Waals surface area contributed by atoms with Gasteiger partial charge in [0.05, 0.1) is 29.6 Å². The summed E-state index contributed by atoms with van der Waals surface area (Å²) < 4.78 is 23.7. The molecule has 0 unspecified atom stereocenters. The molecule has 6 atom stereocenters. The van der Waals surface area contributed by atoms with Crippen LogP contribution in [-0.4, -0.2) is 81.4 Å². The smallest absolute Gasteiger partial charge is 0.408 e. The van der Waals surface area contributed by atoms with Crippen LogP contribution in [0.15, 0.2) is 48.5 Å². The Morgan fingerprint density at radius 3 is 2.52 bits per heavy atom. The van der Waals surface area contributed by atoms with Crippen molar-refractivity contribution in [2.24, 2.45) is 17.3 Å². The molecule has 2 aromatic carbocycles. The molecule has 278 valence electrons. The summed E-state index contributed by atoms with van der Waals surface area (Å²) in [4.78, 5) is 65.6. The number of nitrogens with one attached hydrogen (secondary N) is 1. The molecule has 0 radical (unpaired) electrons. The third kappa shape index (κ3) is 8.08. The van der Waals surface area contributed by atoms with Crippen LogP contribution in [0, 0.1) is 17.3 Å². The Bertz CT molecular complexity index is 1780. The van der Waals surface area contributed by atoms with E-state index in [-0.39, 0.29) is 31.1 Å². The molecular formula is C39H48N4O9. The Hall–Kier alpha value is -4.94. The van der Waals surface area contributed by atoms with Gasteiger partial charge in [0.1, 0.15) is 42.3 Å². The van der Waals surface area contributed by atoms with Crippen LogP contribution in [0.1, 0.15) is 77.5 Å². The molecule has 52 heavy (non-hydrogen) atoms. The Morgan fingerprint density at radius 1 is 1.00 bits per heavy atom. The summed E-state index contributed by atoms with van der Waals surface area (Å²) in [5.74, 6) is -2.24. The molecule has 2 amide bonds. The number of aryl methyl sites for hydroxylation is 1. The van der Waals surface area contributed by atoms with E-state index >= 15 is 0 Å². The fourth-order valence-corrected chi connectivity index (χ4v) is 7.32. The fourth-order valence-electron chi connectivity index (χ4n) is 7.32. The second kappa shape index (κ2) is 15.7. The predicted octanol–water partition coefficient (Wildman–Crippen LogP) is 5.47. The van der Waals surface area contributed by atoms with Crippen LogP contribution < -0.4 is 14.8 Å². The number of aliphatic carboxylic acids is 1. The van der Waals surface area contributed by atoms with E-state index in [0.717, 1.165) is 31.2 Å². The zero-order valence-corrected chi connectivity index (χ0v) is 30.2. The maximum Gasteiger partial charge on any atom is 0.408 e. The predicted molar refractivity (Wildman–Crippen MR) is 190 cm³/mol. The van der Waals surface area contributed by atoms with Gasteiger partial charge in [-0.2, -0.15) is 0 Å².